The number of pyridine rings is 1. The number of carbonyl (C=O) groups excluding carboxylic acids is 2. The van der Waals surface area contributed by atoms with Gasteiger partial charge in [0.25, 0.3) is 0 Å². The summed E-state index contributed by atoms with van der Waals surface area (Å²) < 4.78 is 52.2. The van der Waals surface area contributed by atoms with Gasteiger partial charge in [0.1, 0.15) is 46.6 Å². The summed E-state index contributed by atoms with van der Waals surface area (Å²) in [5.41, 5.74) is 4.49. The Balaban J connectivity index is 1.06. The fourth-order valence-electron chi connectivity index (χ4n) is 8.15. The van der Waals surface area contributed by atoms with Crippen LogP contribution in [0.15, 0.2) is 90.6 Å². The number of carbonyl (C=O) groups is 2. The average molecular weight is 893 g/mol. The summed E-state index contributed by atoms with van der Waals surface area (Å²) in [7, 11) is 3.26. The summed E-state index contributed by atoms with van der Waals surface area (Å²) >= 11 is 6.93. The molecule has 16 heteroatoms. The Morgan fingerprint density at radius 3 is 2.14 bits per heavy atom. The smallest absolute Gasteiger partial charge is 0.424 e. The van der Waals surface area contributed by atoms with Crippen LogP contribution in [-0.2, 0) is 33.7 Å². The van der Waals surface area contributed by atoms with Crippen molar-refractivity contribution >= 4 is 51.5 Å². The highest BCUT2D eigenvalue weighted by molar-refractivity contribution is 6.33. The van der Waals surface area contributed by atoms with Gasteiger partial charge in [-0.15, -0.1) is 0 Å². The second kappa shape index (κ2) is 17.7. The second-order valence-corrected chi connectivity index (χ2v) is 17.7. The van der Waals surface area contributed by atoms with E-state index >= 15 is 4.39 Å². The van der Waals surface area contributed by atoms with Crippen LogP contribution in [0.5, 0.6) is 17.5 Å². The zero-order chi connectivity index (χ0) is 45.5. The molecule has 8 rings (SSSR count). The van der Waals surface area contributed by atoms with Gasteiger partial charge in [0.15, 0.2) is 5.79 Å². The number of hydrogen-bond acceptors (Lipinski definition) is 12. The molecule has 0 bridgehead atoms. The van der Waals surface area contributed by atoms with Crippen molar-refractivity contribution in [2.24, 2.45) is 0 Å². The Bertz CT molecular complexity index is 2700. The summed E-state index contributed by atoms with van der Waals surface area (Å²) in [5.74, 6) is 0.718. The second-order valence-electron chi connectivity index (χ2n) is 17.3. The van der Waals surface area contributed by atoms with Gasteiger partial charge in [0.2, 0.25) is 0 Å². The third kappa shape index (κ3) is 9.76. The lowest BCUT2D eigenvalue weighted by Crippen LogP contribution is -2.38. The van der Waals surface area contributed by atoms with Crippen molar-refractivity contribution in [2.75, 3.05) is 19.1 Å². The van der Waals surface area contributed by atoms with Gasteiger partial charge in [-0.1, -0.05) is 41.9 Å². The van der Waals surface area contributed by atoms with E-state index in [1.165, 1.54) is 6.07 Å². The number of methoxy groups -OCH3 is 2. The predicted octanol–water partition coefficient (Wildman–Crippen LogP) is 9.96. The van der Waals surface area contributed by atoms with Crippen LogP contribution in [0.25, 0.3) is 21.9 Å². The van der Waals surface area contributed by atoms with Crippen molar-refractivity contribution in [2.45, 2.75) is 97.1 Å². The zero-order valence-electron chi connectivity index (χ0n) is 36.9. The quantitative estimate of drug-likeness (QED) is 0.117. The lowest BCUT2D eigenvalue weighted by atomic mass is 10.0. The molecule has 1 saturated heterocycles. The molecular formula is C48H50ClFN6O8. The Morgan fingerprint density at radius 2 is 1.52 bits per heavy atom. The van der Waals surface area contributed by atoms with E-state index in [1.807, 2.05) is 90.6 Å². The van der Waals surface area contributed by atoms with E-state index in [2.05, 4.69) is 20.9 Å². The number of rotatable bonds is 12. The average Bonchev–Trinajstić information content (AvgIpc) is 3.90. The van der Waals surface area contributed by atoms with E-state index in [0.717, 1.165) is 39.1 Å². The van der Waals surface area contributed by atoms with Gasteiger partial charge < -0.3 is 37.9 Å². The first-order valence-electron chi connectivity index (χ1n) is 20.9. The lowest BCUT2D eigenvalue weighted by molar-refractivity contribution is -0.147. The molecule has 3 atom stereocenters. The van der Waals surface area contributed by atoms with Crippen molar-refractivity contribution in [3.8, 4) is 17.5 Å². The van der Waals surface area contributed by atoms with Gasteiger partial charge in [-0.05, 0) is 125 Å². The standard InChI is InChI=1S/C48H50ClFN6O8/c1-27-34-19-20-56(42(34)53-44(51-27)61-45(57)54-46(58)64-47(2,3)4)39-23-31(40-41(39)63-48(5,6)62-40)14-9-30-21-37(50)35-24-36(49)43(52-38(35)22-30)55(25-28-10-15-32(59-7)16-11-28)26-29-12-17-33(60-8)18-13-29/h10-13,15-24,39-41H,9,14,25-26H2,1-8H3,(H,54,57,58)/t39-,40-,41+/m1/s1. The molecule has 3 aromatic heterocycles. The van der Waals surface area contributed by atoms with Gasteiger partial charge in [-0.2, -0.15) is 9.97 Å². The van der Waals surface area contributed by atoms with Crippen LogP contribution >= 0.6 is 11.6 Å². The first-order valence-corrected chi connectivity index (χ1v) is 21.3. The van der Waals surface area contributed by atoms with Crippen LogP contribution in [0.3, 0.4) is 0 Å². The van der Waals surface area contributed by atoms with E-state index in [1.54, 1.807) is 48.0 Å². The number of nitrogens with one attached hydrogen (secondary N) is 1. The van der Waals surface area contributed by atoms with E-state index in [0.29, 0.717) is 59.0 Å². The third-order valence-electron chi connectivity index (χ3n) is 11.0. The minimum Gasteiger partial charge on any atom is -0.497 e. The minimum atomic E-state index is -1.08. The van der Waals surface area contributed by atoms with Crippen molar-refractivity contribution in [1.82, 2.24) is 24.8 Å². The molecule has 2 amide bonds. The van der Waals surface area contributed by atoms with E-state index < -0.39 is 41.6 Å². The lowest BCUT2D eigenvalue weighted by Gasteiger charge is -2.26. The Hall–Kier alpha value is -6.29. The topological polar surface area (TPSA) is 148 Å². The van der Waals surface area contributed by atoms with Gasteiger partial charge in [-0.25, -0.2) is 24.3 Å². The molecule has 0 saturated carbocycles. The number of alkyl carbamates (subject to hydrolysis) is 1. The molecule has 1 aliphatic heterocycles. The molecule has 4 heterocycles. The molecule has 1 N–H and O–H groups in total. The number of nitrogens with zero attached hydrogens (tertiary/aromatic N) is 5. The number of halogens is 2. The maximum atomic E-state index is 16.0. The molecule has 334 valence electrons. The molecule has 14 nitrogen and oxygen atoms in total. The molecule has 0 radical (unpaired) electrons. The monoisotopic (exact) mass is 892 g/mol. The van der Waals surface area contributed by atoms with Crippen LogP contribution in [-0.4, -0.2) is 69.5 Å². The maximum absolute atomic E-state index is 16.0. The largest absolute Gasteiger partial charge is 0.497 e. The number of aryl methyl sites for hydroxylation is 2. The van der Waals surface area contributed by atoms with Gasteiger partial charge in [-0.3, -0.25) is 0 Å². The van der Waals surface area contributed by atoms with Crippen LogP contribution < -0.4 is 24.4 Å². The molecule has 0 unspecified atom stereocenters. The number of anilines is 1. The normalized spacial score (nSPS) is 17.8. The molecule has 0 spiro atoms. The predicted molar refractivity (Wildman–Crippen MR) is 240 cm³/mol. The summed E-state index contributed by atoms with van der Waals surface area (Å²) in [6, 6.07) is 22.0. The highest BCUT2D eigenvalue weighted by Gasteiger charge is 2.50. The molecule has 1 aliphatic carbocycles. The van der Waals surface area contributed by atoms with E-state index in [-0.39, 0.29) is 12.1 Å². The number of imide groups is 1. The number of ether oxygens (including phenoxy) is 6. The summed E-state index contributed by atoms with van der Waals surface area (Å²) in [5, 5.41) is 3.43. The highest BCUT2D eigenvalue weighted by atomic mass is 35.5. The van der Waals surface area contributed by atoms with Crippen molar-refractivity contribution < 1.29 is 42.4 Å². The summed E-state index contributed by atoms with van der Waals surface area (Å²) in [4.78, 5) is 40.8. The highest BCUT2D eigenvalue weighted by Crippen LogP contribution is 2.46. The Labute approximate surface area is 375 Å². The zero-order valence-corrected chi connectivity index (χ0v) is 37.7. The number of amides is 2. The summed E-state index contributed by atoms with van der Waals surface area (Å²) in [6.45, 7) is 11.5. The van der Waals surface area contributed by atoms with Crippen LogP contribution in [0.2, 0.25) is 5.02 Å². The SMILES string of the molecule is COc1ccc(CN(Cc2ccc(OC)cc2)c2nc3cc(CCC4=C[C@@H](n5ccc6c(C)nc(OC(=O)NC(=O)OC(C)(C)C)nc65)[C@@H]5OC(C)(C)O[C@H]45)cc(F)c3cc2Cl)cc1. The Kier molecular flexibility index (Phi) is 12.3. The van der Waals surface area contributed by atoms with Gasteiger partial charge in [0.05, 0.1) is 36.5 Å². The third-order valence-corrected chi connectivity index (χ3v) is 11.3. The minimum absolute atomic E-state index is 0.241. The van der Waals surface area contributed by atoms with Gasteiger partial charge >= 0.3 is 18.2 Å². The summed E-state index contributed by atoms with van der Waals surface area (Å²) in [6.07, 6.45) is 2.15. The van der Waals surface area contributed by atoms with Crippen molar-refractivity contribution in [1.29, 1.82) is 0 Å². The van der Waals surface area contributed by atoms with E-state index in [9.17, 15) is 9.59 Å². The van der Waals surface area contributed by atoms with E-state index in [4.69, 9.17) is 45.0 Å². The molecule has 1 fully saturated rings. The van der Waals surface area contributed by atoms with Crippen LogP contribution in [0.4, 0.5) is 19.8 Å². The number of aromatic nitrogens is 4. The van der Waals surface area contributed by atoms with Crippen molar-refractivity contribution in [3.05, 3.63) is 124 Å². The molecule has 3 aromatic carbocycles. The molecule has 64 heavy (non-hydrogen) atoms. The molecule has 2 aliphatic rings. The van der Waals surface area contributed by atoms with Gasteiger partial charge in [0, 0.05) is 30.1 Å². The number of fused-ring (bicyclic) bond motifs is 3. The number of hydrogen-bond donors (Lipinski definition) is 1. The fraction of sp³-hybridized carbons (Fsp3) is 0.354. The molecular weight excluding hydrogens is 843 g/mol. The maximum Gasteiger partial charge on any atom is 0.424 e. The van der Waals surface area contributed by atoms with Crippen LogP contribution in [0.1, 0.15) is 69.5 Å². The van der Waals surface area contributed by atoms with Crippen molar-refractivity contribution in [3.63, 3.8) is 0 Å². The fourth-order valence-corrected chi connectivity index (χ4v) is 8.43. The Morgan fingerprint density at radius 1 is 0.859 bits per heavy atom. The first kappa shape index (κ1) is 44.3. The molecule has 6 aromatic rings. The first-order chi connectivity index (χ1) is 30.4. The number of benzene rings is 3. The van der Waals surface area contributed by atoms with Crippen LogP contribution in [0, 0.1) is 12.7 Å².